The molecule has 0 bridgehead atoms. The van der Waals surface area contributed by atoms with Gasteiger partial charge in [-0.3, -0.25) is 0 Å². The van der Waals surface area contributed by atoms with E-state index in [0.717, 1.165) is 20.4 Å². The summed E-state index contributed by atoms with van der Waals surface area (Å²) in [4.78, 5) is 9.05. The molecule has 6 heteroatoms. The number of fused-ring (bicyclic) bond motifs is 2. The SMILES string of the molecule is ON=C(c1nc2ccccc2s1)c1nc2ccccc2s1. The first kappa shape index (κ1) is 12.4. The summed E-state index contributed by atoms with van der Waals surface area (Å²) in [6.45, 7) is 0. The van der Waals surface area contributed by atoms with Gasteiger partial charge < -0.3 is 5.21 Å². The molecule has 0 aliphatic carbocycles. The number of para-hydroxylation sites is 2. The quantitative estimate of drug-likeness (QED) is 0.344. The second kappa shape index (κ2) is 4.91. The van der Waals surface area contributed by atoms with Crippen LogP contribution in [0, 0.1) is 0 Å². The molecular formula is C15H9N3OS2. The first-order valence-electron chi connectivity index (χ1n) is 6.29. The monoisotopic (exact) mass is 311 g/mol. The van der Waals surface area contributed by atoms with Crippen molar-refractivity contribution in [3.05, 3.63) is 58.5 Å². The Kier molecular flexibility index (Phi) is 2.90. The van der Waals surface area contributed by atoms with Gasteiger partial charge in [-0.25, -0.2) is 9.97 Å². The van der Waals surface area contributed by atoms with Gasteiger partial charge in [-0.1, -0.05) is 29.4 Å². The summed E-state index contributed by atoms with van der Waals surface area (Å²) in [6, 6.07) is 15.7. The number of hydrogen-bond acceptors (Lipinski definition) is 6. The minimum atomic E-state index is 0.428. The van der Waals surface area contributed by atoms with Crippen molar-refractivity contribution >= 4 is 48.8 Å². The van der Waals surface area contributed by atoms with E-state index in [4.69, 9.17) is 0 Å². The van der Waals surface area contributed by atoms with Crippen molar-refractivity contribution < 1.29 is 5.21 Å². The van der Waals surface area contributed by atoms with E-state index in [1.807, 2.05) is 48.5 Å². The zero-order chi connectivity index (χ0) is 14.2. The van der Waals surface area contributed by atoms with Gasteiger partial charge in [-0.15, -0.1) is 22.7 Å². The Morgan fingerprint density at radius 1 is 0.810 bits per heavy atom. The van der Waals surface area contributed by atoms with Crippen molar-refractivity contribution in [1.29, 1.82) is 0 Å². The van der Waals surface area contributed by atoms with E-state index < -0.39 is 0 Å². The molecule has 0 unspecified atom stereocenters. The summed E-state index contributed by atoms with van der Waals surface area (Å²) in [7, 11) is 0. The zero-order valence-electron chi connectivity index (χ0n) is 10.7. The number of aromatic nitrogens is 2. The highest BCUT2D eigenvalue weighted by atomic mass is 32.1. The maximum Gasteiger partial charge on any atom is 0.174 e. The van der Waals surface area contributed by atoms with E-state index in [9.17, 15) is 5.21 Å². The van der Waals surface area contributed by atoms with Crippen LogP contribution in [-0.2, 0) is 0 Å². The molecule has 2 aromatic carbocycles. The molecule has 0 saturated heterocycles. The molecular weight excluding hydrogens is 302 g/mol. The summed E-state index contributed by atoms with van der Waals surface area (Å²) >= 11 is 3.00. The zero-order valence-corrected chi connectivity index (χ0v) is 12.4. The standard InChI is InChI=1S/C15H9N3OS2/c19-18-13(14-16-9-5-1-3-7-11(9)20-14)15-17-10-6-2-4-8-12(10)21-15/h1-8,19H. The summed E-state index contributed by atoms with van der Waals surface area (Å²) < 4.78 is 2.13. The molecule has 21 heavy (non-hydrogen) atoms. The van der Waals surface area contributed by atoms with Gasteiger partial charge in [0.05, 0.1) is 20.4 Å². The van der Waals surface area contributed by atoms with Crippen LogP contribution in [0.15, 0.2) is 53.7 Å². The molecule has 1 N–H and O–H groups in total. The Morgan fingerprint density at radius 2 is 1.29 bits per heavy atom. The largest absolute Gasteiger partial charge is 0.410 e. The minimum Gasteiger partial charge on any atom is -0.410 e. The second-order valence-corrected chi connectivity index (χ2v) is 6.48. The molecule has 2 heterocycles. The second-order valence-electron chi connectivity index (χ2n) is 4.42. The highest BCUT2D eigenvalue weighted by Crippen LogP contribution is 2.28. The Labute approximate surface area is 128 Å². The van der Waals surface area contributed by atoms with Crippen molar-refractivity contribution in [2.24, 2.45) is 5.16 Å². The van der Waals surface area contributed by atoms with Crippen LogP contribution in [-0.4, -0.2) is 20.9 Å². The predicted molar refractivity (Wildman–Crippen MR) is 86.7 cm³/mol. The topological polar surface area (TPSA) is 58.4 Å². The molecule has 4 nitrogen and oxygen atoms in total. The van der Waals surface area contributed by atoms with Crippen molar-refractivity contribution in [2.45, 2.75) is 0 Å². The summed E-state index contributed by atoms with van der Waals surface area (Å²) in [6.07, 6.45) is 0. The van der Waals surface area contributed by atoms with Crippen LogP contribution in [0.1, 0.15) is 10.0 Å². The van der Waals surface area contributed by atoms with Crippen molar-refractivity contribution in [3.8, 4) is 0 Å². The number of oxime groups is 1. The van der Waals surface area contributed by atoms with Gasteiger partial charge in [-0.05, 0) is 24.3 Å². The van der Waals surface area contributed by atoms with Crippen LogP contribution in [0.3, 0.4) is 0 Å². The molecule has 0 radical (unpaired) electrons. The number of nitrogens with zero attached hydrogens (tertiary/aromatic N) is 3. The minimum absolute atomic E-state index is 0.428. The van der Waals surface area contributed by atoms with E-state index in [1.54, 1.807) is 0 Å². The van der Waals surface area contributed by atoms with E-state index in [1.165, 1.54) is 22.7 Å². The van der Waals surface area contributed by atoms with E-state index in [-0.39, 0.29) is 0 Å². The first-order valence-corrected chi connectivity index (χ1v) is 7.92. The molecule has 0 fully saturated rings. The van der Waals surface area contributed by atoms with Crippen molar-refractivity contribution in [1.82, 2.24) is 9.97 Å². The van der Waals surface area contributed by atoms with Crippen LogP contribution in [0.25, 0.3) is 20.4 Å². The fourth-order valence-electron chi connectivity index (χ4n) is 2.12. The van der Waals surface area contributed by atoms with Crippen molar-refractivity contribution in [2.75, 3.05) is 0 Å². The summed E-state index contributed by atoms with van der Waals surface area (Å²) in [5, 5.41) is 14.2. The van der Waals surface area contributed by atoms with Crippen molar-refractivity contribution in [3.63, 3.8) is 0 Å². The number of rotatable bonds is 2. The van der Waals surface area contributed by atoms with Crippen LogP contribution in [0.2, 0.25) is 0 Å². The fourth-order valence-corrected chi connectivity index (χ4v) is 4.09. The average Bonchev–Trinajstić information content (AvgIpc) is 3.11. The third-order valence-electron chi connectivity index (χ3n) is 3.09. The lowest BCUT2D eigenvalue weighted by molar-refractivity contribution is 0.319. The lowest BCUT2D eigenvalue weighted by Gasteiger charge is -1.93. The Morgan fingerprint density at radius 3 is 1.71 bits per heavy atom. The van der Waals surface area contributed by atoms with Gasteiger partial charge in [0.2, 0.25) is 0 Å². The molecule has 102 valence electrons. The lowest BCUT2D eigenvalue weighted by Crippen LogP contribution is -2.01. The summed E-state index contributed by atoms with van der Waals surface area (Å²) in [5.41, 5.74) is 2.23. The first-order chi connectivity index (χ1) is 10.3. The molecule has 0 atom stereocenters. The van der Waals surface area contributed by atoms with Gasteiger partial charge in [0.25, 0.3) is 0 Å². The van der Waals surface area contributed by atoms with Crippen LogP contribution < -0.4 is 0 Å². The molecule has 0 saturated carbocycles. The smallest absolute Gasteiger partial charge is 0.174 e. The fraction of sp³-hybridized carbons (Fsp3) is 0. The highest BCUT2D eigenvalue weighted by Gasteiger charge is 2.17. The van der Waals surface area contributed by atoms with Crippen LogP contribution in [0.4, 0.5) is 0 Å². The van der Waals surface area contributed by atoms with Gasteiger partial charge in [0.1, 0.15) is 10.0 Å². The third kappa shape index (κ3) is 2.09. The molecule has 4 aromatic rings. The molecule has 0 aliphatic rings. The normalized spacial score (nSPS) is 11.0. The molecule has 0 spiro atoms. The average molecular weight is 311 g/mol. The van der Waals surface area contributed by atoms with Crippen LogP contribution in [0.5, 0.6) is 0 Å². The highest BCUT2D eigenvalue weighted by molar-refractivity contribution is 7.23. The third-order valence-corrected chi connectivity index (χ3v) is 5.18. The van der Waals surface area contributed by atoms with E-state index in [0.29, 0.717) is 15.7 Å². The Bertz CT molecular complexity index is 829. The maximum absolute atomic E-state index is 9.40. The maximum atomic E-state index is 9.40. The molecule has 2 aromatic heterocycles. The van der Waals surface area contributed by atoms with Gasteiger partial charge >= 0.3 is 0 Å². The summed E-state index contributed by atoms with van der Waals surface area (Å²) in [5.74, 6) is 0. The molecule has 4 rings (SSSR count). The Balaban J connectivity index is 1.87. The number of benzene rings is 2. The van der Waals surface area contributed by atoms with Crippen LogP contribution >= 0.6 is 22.7 Å². The lowest BCUT2D eigenvalue weighted by atomic mass is 10.3. The van der Waals surface area contributed by atoms with E-state index in [2.05, 4.69) is 15.1 Å². The van der Waals surface area contributed by atoms with E-state index >= 15 is 0 Å². The number of thiazole rings is 2. The van der Waals surface area contributed by atoms with Gasteiger partial charge in [-0.2, -0.15) is 0 Å². The predicted octanol–water partition coefficient (Wildman–Crippen LogP) is 4.13. The Hall–Kier alpha value is -2.31. The van der Waals surface area contributed by atoms with Gasteiger partial charge in [0, 0.05) is 0 Å². The number of hydrogen-bond donors (Lipinski definition) is 1. The molecule has 0 amide bonds. The van der Waals surface area contributed by atoms with Gasteiger partial charge in [0.15, 0.2) is 5.71 Å². The molecule has 0 aliphatic heterocycles.